The molecule has 1 unspecified atom stereocenters. The van der Waals surface area contributed by atoms with Crippen LogP contribution < -0.4 is 9.47 Å². The highest BCUT2D eigenvalue weighted by atomic mass is 35.5. The van der Waals surface area contributed by atoms with Crippen molar-refractivity contribution in [3.05, 3.63) is 111 Å². The molecule has 0 saturated carbocycles. The van der Waals surface area contributed by atoms with E-state index in [-0.39, 0.29) is 40.0 Å². The number of hydrogen-bond acceptors (Lipinski definition) is 6. The molecule has 2 aliphatic heterocycles. The number of carbonyl (C=O) groups excluding carboxylic acids is 1. The highest BCUT2D eigenvalue weighted by molar-refractivity contribution is 6.30. The van der Waals surface area contributed by atoms with Crippen LogP contribution in [0.3, 0.4) is 0 Å². The molecule has 7 rings (SSSR count). The van der Waals surface area contributed by atoms with Crippen molar-refractivity contribution in [1.29, 1.82) is 5.26 Å². The number of hydrogen-bond donors (Lipinski definition) is 0. The van der Waals surface area contributed by atoms with E-state index in [2.05, 4.69) is 6.07 Å². The van der Waals surface area contributed by atoms with Crippen LogP contribution in [-0.4, -0.2) is 28.0 Å². The van der Waals surface area contributed by atoms with E-state index in [0.717, 1.165) is 11.9 Å². The normalized spacial score (nSPS) is 18.5. The zero-order chi connectivity index (χ0) is 31.5. The first-order chi connectivity index (χ1) is 21.6. The first-order valence-electron chi connectivity index (χ1n) is 14.4. The van der Waals surface area contributed by atoms with Gasteiger partial charge in [-0.05, 0) is 73.5 Å². The standard InChI is InChI=1S/C35H26ClF2N3O4/c1-19(42)20-6-9-30-31(14-20)41(18-24-10-11-43-24)33(40-30)16-26-22(17-39)12-21(13-28(26)37)25-4-3-5-32-34(25)45-35(2,44-32)27-8-7-23(36)15-29(27)38/h3-9,12-15,24H,10-11,16,18H2,1-2H3/t24-,35?/m0/s1. The van der Waals surface area contributed by atoms with Gasteiger partial charge in [0, 0.05) is 41.7 Å². The van der Waals surface area contributed by atoms with Crippen molar-refractivity contribution < 1.29 is 27.8 Å². The predicted molar refractivity (Wildman–Crippen MR) is 163 cm³/mol. The molecule has 10 heteroatoms. The highest BCUT2D eigenvalue weighted by Gasteiger charge is 2.42. The van der Waals surface area contributed by atoms with Gasteiger partial charge >= 0.3 is 0 Å². The van der Waals surface area contributed by atoms with Crippen molar-refractivity contribution in [1.82, 2.24) is 9.55 Å². The van der Waals surface area contributed by atoms with Crippen LogP contribution in [-0.2, 0) is 23.5 Å². The number of rotatable bonds is 7. The van der Waals surface area contributed by atoms with Crippen molar-refractivity contribution in [2.75, 3.05) is 6.61 Å². The third kappa shape index (κ3) is 5.10. The van der Waals surface area contributed by atoms with Gasteiger partial charge in [0.05, 0.1) is 40.9 Å². The Morgan fingerprint density at radius 3 is 2.64 bits per heavy atom. The molecule has 0 aliphatic carbocycles. The Morgan fingerprint density at radius 2 is 1.93 bits per heavy atom. The summed E-state index contributed by atoms with van der Waals surface area (Å²) >= 11 is 5.94. The van der Waals surface area contributed by atoms with Gasteiger partial charge in [0.1, 0.15) is 17.5 Å². The molecular formula is C35H26ClF2N3O4. The number of nitrogens with zero attached hydrogens (tertiary/aromatic N) is 3. The van der Waals surface area contributed by atoms with Crippen LogP contribution in [0.1, 0.15) is 53.1 Å². The fourth-order valence-electron chi connectivity index (χ4n) is 5.91. The SMILES string of the molecule is CC(=O)c1ccc2nc(Cc3c(F)cc(-c4cccc5c4OC(C)(c4ccc(Cl)cc4F)O5)cc3C#N)n(C[C@@H]3CCO3)c2c1. The van der Waals surface area contributed by atoms with E-state index in [4.69, 9.17) is 30.8 Å². The predicted octanol–water partition coefficient (Wildman–Crippen LogP) is 7.73. The van der Waals surface area contributed by atoms with Gasteiger partial charge < -0.3 is 18.8 Å². The van der Waals surface area contributed by atoms with Gasteiger partial charge in [-0.2, -0.15) is 5.26 Å². The van der Waals surface area contributed by atoms with Crippen LogP contribution in [0.2, 0.25) is 5.02 Å². The lowest BCUT2D eigenvalue weighted by Gasteiger charge is -2.27. The smallest absolute Gasteiger partial charge is 0.278 e. The van der Waals surface area contributed by atoms with Gasteiger partial charge in [-0.3, -0.25) is 4.79 Å². The number of imidazole rings is 1. The summed E-state index contributed by atoms with van der Waals surface area (Å²) in [5.74, 6) is -1.53. The third-order valence-electron chi connectivity index (χ3n) is 8.38. The number of Topliss-reactive ketones (excluding diaryl/α,β-unsaturated/α-hetero) is 1. The minimum absolute atomic E-state index is 0.0146. The Morgan fingerprint density at radius 1 is 1.11 bits per heavy atom. The van der Waals surface area contributed by atoms with Gasteiger partial charge in [0.15, 0.2) is 17.3 Å². The van der Waals surface area contributed by atoms with Gasteiger partial charge in [-0.25, -0.2) is 13.8 Å². The fraction of sp³-hybridized carbons (Fsp3) is 0.229. The van der Waals surface area contributed by atoms with Crippen LogP contribution in [0.25, 0.3) is 22.2 Å². The Balaban J connectivity index is 1.26. The Bertz CT molecular complexity index is 2070. The van der Waals surface area contributed by atoms with E-state index >= 15 is 4.39 Å². The molecule has 5 aromatic rings. The molecule has 0 amide bonds. The van der Waals surface area contributed by atoms with Crippen molar-refractivity contribution in [2.45, 2.75) is 45.1 Å². The zero-order valence-electron chi connectivity index (χ0n) is 24.4. The average molecular weight is 626 g/mol. The fourth-order valence-corrected chi connectivity index (χ4v) is 6.07. The number of ketones is 1. The molecule has 226 valence electrons. The van der Waals surface area contributed by atoms with Crippen molar-refractivity contribution in [2.24, 2.45) is 0 Å². The van der Waals surface area contributed by atoms with E-state index in [0.29, 0.717) is 52.7 Å². The van der Waals surface area contributed by atoms with E-state index in [1.165, 1.54) is 25.1 Å². The van der Waals surface area contributed by atoms with Gasteiger partial charge in [0.2, 0.25) is 0 Å². The summed E-state index contributed by atoms with van der Waals surface area (Å²) in [5, 5.41) is 10.4. The first-order valence-corrected chi connectivity index (χ1v) is 14.8. The summed E-state index contributed by atoms with van der Waals surface area (Å²) in [4.78, 5) is 16.9. The number of ether oxygens (including phenoxy) is 3. The highest BCUT2D eigenvalue weighted by Crippen LogP contribution is 2.50. The lowest BCUT2D eigenvalue weighted by atomic mass is 9.96. The van der Waals surface area contributed by atoms with Gasteiger partial charge in [0.25, 0.3) is 5.79 Å². The number of para-hydroxylation sites is 1. The number of aromatic nitrogens is 2. The molecule has 4 aromatic carbocycles. The molecule has 45 heavy (non-hydrogen) atoms. The first kappa shape index (κ1) is 29.0. The second kappa shape index (κ2) is 11.0. The quantitative estimate of drug-likeness (QED) is 0.172. The van der Waals surface area contributed by atoms with Gasteiger partial charge in [-0.15, -0.1) is 0 Å². The monoisotopic (exact) mass is 625 g/mol. The minimum atomic E-state index is -1.49. The van der Waals surface area contributed by atoms with Crippen LogP contribution in [0.4, 0.5) is 8.78 Å². The maximum absolute atomic E-state index is 16.0. The molecule has 0 radical (unpaired) electrons. The summed E-state index contributed by atoms with van der Waals surface area (Å²) < 4.78 is 50.8. The third-order valence-corrected chi connectivity index (χ3v) is 8.61. The molecule has 1 fully saturated rings. The van der Waals surface area contributed by atoms with E-state index in [1.807, 2.05) is 4.57 Å². The molecule has 0 bridgehead atoms. The lowest BCUT2D eigenvalue weighted by Crippen LogP contribution is -2.32. The van der Waals surface area contributed by atoms with Crippen molar-refractivity contribution in [3.63, 3.8) is 0 Å². The number of fused-ring (bicyclic) bond motifs is 2. The maximum Gasteiger partial charge on any atom is 0.278 e. The van der Waals surface area contributed by atoms with Crippen molar-refractivity contribution >= 4 is 28.4 Å². The van der Waals surface area contributed by atoms with Crippen LogP contribution >= 0.6 is 11.6 Å². The molecule has 7 nitrogen and oxygen atoms in total. The molecular weight excluding hydrogens is 600 g/mol. The summed E-state index contributed by atoms with van der Waals surface area (Å²) in [6, 6.07) is 19.8. The molecule has 2 atom stereocenters. The Hall–Kier alpha value is -4.78. The number of halogens is 3. The van der Waals surface area contributed by atoms with Crippen LogP contribution in [0, 0.1) is 23.0 Å². The number of benzene rings is 4. The van der Waals surface area contributed by atoms with Crippen molar-refractivity contribution in [3.8, 4) is 28.7 Å². The van der Waals surface area contributed by atoms with Crippen LogP contribution in [0.15, 0.2) is 66.7 Å². The van der Waals surface area contributed by atoms with E-state index in [9.17, 15) is 14.4 Å². The van der Waals surface area contributed by atoms with E-state index < -0.39 is 17.4 Å². The number of nitriles is 1. The Labute approximate surface area is 262 Å². The largest absolute Gasteiger partial charge is 0.444 e. The Kier molecular flexibility index (Phi) is 7.07. The summed E-state index contributed by atoms with van der Waals surface area (Å²) in [7, 11) is 0. The van der Waals surface area contributed by atoms with Gasteiger partial charge in [-0.1, -0.05) is 23.7 Å². The zero-order valence-corrected chi connectivity index (χ0v) is 25.1. The lowest BCUT2D eigenvalue weighted by molar-refractivity contribution is -0.0705. The molecule has 1 aromatic heterocycles. The topological polar surface area (TPSA) is 86.4 Å². The summed E-state index contributed by atoms with van der Waals surface area (Å²) in [6.07, 6.45) is 0.917. The molecule has 3 heterocycles. The summed E-state index contributed by atoms with van der Waals surface area (Å²) in [6.45, 7) is 4.26. The molecule has 2 aliphatic rings. The molecule has 0 N–H and O–H groups in total. The second-order valence-corrected chi connectivity index (χ2v) is 11.8. The summed E-state index contributed by atoms with van der Waals surface area (Å²) in [5.41, 5.74) is 3.33. The molecule has 1 saturated heterocycles. The minimum Gasteiger partial charge on any atom is -0.444 e. The van der Waals surface area contributed by atoms with E-state index in [1.54, 1.807) is 55.5 Å². The average Bonchev–Trinajstić information content (AvgIpc) is 3.51. The number of carbonyl (C=O) groups is 1. The van der Waals surface area contributed by atoms with Crippen LogP contribution in [0.5, 0.6) is 11.5 Å². The second-order valence-electron chi connectivity index (χ2n) is 11.4. The maximum atomic E-state index is 16.0. The molecule has 0 spiro atoms.